The molecule has 0 saturated heterocycles. The minimum atomic E-state index is -2.39. The molecule has 1 aliphatic carbocycles. The first-order chi connectivity index (χ1) is 18.4. The zero-order chi connectivity index (χ0) is 28.8. The van der Waals surface area contributed by atoms with E-state index in [2.05, 4.69) is 4.99 Å². The molecule has 0 saturated carbocycles. The molecule has 4 rings (SSSR count). The number of aliphatic imine (C=N–C) groups is 1. The number of anilines is 1. The number of methoxy groups -OCH3 is 2. The van der Waals surface area contributed by atoms with Crippen LogP contribution in [0.3, 0.4) is 0 Å². The molecule has 198 valence electrons. The summed E-state index contributed by atoms with van der Waals surface area (Å²) >= 11 is 0. The van der Waals surface area contributed by atoms with Crippen LogP contribution in [0, 0.1) is 35.0 Å². The van der Waals surface area contributed by atoms with Gasteiger partial charge < -0.3 is 14.4 Å². The van der Waals surface area contributed by atoms with Crippen LogP contribution >= 0.6 is 0 Å². The molecule has 1 aliphatic heterocycles. The lowest BCUT2D eigenvalue weighted by Gasteiger charge is -2.34. The fraction of sp³-hybridized carbons (Fsp3) is 0.333. The molecule has 2 aliphatic rings. The van der Waals surface area contributed by atoms with Crippen LogP contribution in [0.5, 0.6) is 0 Å². The molecule has 0 N–H and O–H groups in total. The van der Waals surface area contributed by atoms with Gasteiger partial charge in [0.15, 0.2) is 0 Å². The Morgan fingerprint density at radius 1 is 1.00 bits per heavy atom. The predicted molar refractivity (Wildman–Crippen MR) is 142 cm³/mol. The maximum Gasteiger partial charge on any atom is 0.340 e. The number of carbonyl (C=O) groups is 3. The fourth-order valence-corrected chi connectivity index (χ4v) is 5.43. The van der Waals surface area contributed by atoms with Crippen molar-refractivity contribution in [3.8, 4) is 12.1 Å². The van der Waals surface area contributed by atoms with Gasteiger partial charge in [-0.3, -0.25) is 9.79 Å². The van der Waals surface area contributed by atoms with E-state index in [1.807, 2.05) is 42.5 Å². The van der Waals surface area contributed by atoms with Crippen molar-refractivity contribution in [3.05, 3.63) is 76.4 Å². The zero-order valence-electron chi connectivity index (χ0n) is 22.7. The van der Waals surface area contributed by atoms with Gasteiger partial charge in [0.25, 0.3) is 0 Å². The molecular weight excluding hydrogens is 496 g/mol. The average molecular weight is 525 g/mol. The van der Waals surface area contributed by atoms with E-state index in [0.717, 1.165) is 25.3 Å². The smallest absolute Gasteiger partial charge is 0.340 e. The van der Waals surface area contributed by atoms with E-state index < -0.39 is 45.4 Å². The first-order valence-electron chi connectivity index (χ1n) is 12.2. The van der Waals surface area contributed by atoms with Gasteiger partial charge in [-0.15, -0.1) is 0 Å². The molecule has 0 aromatic heterocycles. The van der Waals surface area contributed by atoms with Crippen LogP contribution in [0.4, 0.5) is 5.69 Å². The summed E-state index contributed by atoms with van der Waals surface area (Å²) in [6.45, 7) is 7.03. The van der Waals surface area contributed by atoms with Crippen molar-refractivity contribution < 1.29 is 23.9 Å². The van der Waals surface area contributed by atoms with Crippen molar-refractivity contribution in [2.75, 3.05) is 19.1 Å². The quantitative estimate of drug-likeness (QED) is 0.557. The van der Waals surface area contributed by atoms with Crippen molar-refractivity contribution in [2.24, 2.45) is 10.4 Å². The van der Waals surface area contributed by atoms with Gasteiger partial charge in [-0.05, 0) is 44.9 Å². The standard InChI is InChI=1S/C30H28N4O5/c1-18-12-13-21-20(14-18)30(27(37)34(21)15-19-10-8-7-9-11-19)23(26(36)39-6)22(25(35)38-5)24(33-28(2,3)4)29(30,16-31)17-32/h7-14H,15H2,1-6H3. The number of aryl methyl sites for hydroxylation is 1. The lowest BCUT2D eigenvalue weighted by molar-refractivity contribution is -0.140. The van der Waals surface area contributed by atoms with Gasteiger partial charge >= 0.3 is 11.9 Å². The highest BCUT2D eigenvalue weighted by Gasteiger charge is 2.76. The minimum Gasteiger partial charge on any atom is -0.466 e. The number of ether oxygens (including phenoxy) is 2. The van der Waals surface area contributed by atoms with E-state index in [-0.39, 0.29) is 17.8 Å². The van der Waals surface area contributed by atoms with Crippen molar-refractivity contribution in [2.45, 2.75) is 45.2 Å². The van der Waals surface area contributed by atoms with E-state index in [9.17, 15) is 24.9 Å². The molecule has 2 aromatic rings. The maximum absolute atomic E-state index is 14.8. The molecule has 0 radical (unpaired) electrons. The predicted octanol–water partition coefficient (Wildman–Crippen LogP) is 3.71. The number of hydrogen-bond donors (Lipinski definition) is 0. The summed E-state index contributed by atoms with van der Waals surface area (Å²) in [5.41, 5.74) is -4.52. The number of esters is 2. The number of nitriles is 2. The Morgan fingerprint density at radius 2 is 1.62 bits per heavy atom. The molecule has 9 heteroatoms. The van der Waals surface area contributed by atoms with E-state index in [1.165, 1.54) is 4.90 Å². The first-order valence-corrected chi connectivity index (χ1v) is 12.2. The molecule has 0 fully saturated rings. The highest BCUT2D eigenvalue weighted by Crippen LogP contribution is 2.62. The van der Waals surface area contributed by atoms with Crippen molar-refractivity contribution >= 4 is 29.2 Å². The number of hydrogen-bond acceptors (Lipinski definition) is 8. The molecule has 9 nitrogen and oxygen atoms in total. The van der Waals surface area contributed by atoms with Crippen LogP contribution in [-0.4, -0.2) is 43.3 Å². The second kappa shape index (κ2) is 9.52. The van der Waals surface area contributed by atoms with Gasteiger partial charge in [0, 0.05) is 5.69 Å². The topological polar surface area (TPSA) is 133 Å². The molecule has 0 bridgehead atoms. The van der Waals surface area contributed by atoms with Crippen LogP contribution in [0.25, 0.3) is 0 Å². The Kier molecular flexibility index (Phi) is 6.66. The lowest BCUT2D eigenvalue weighted by atomic mass is 9.60. The minimum absolute atomic E-state index is 0.0954. The van der Waals surface area contributed by atoms with E-state index in [0.29, 0.717) is 5.69 Å². The third kappa shape index (κ3) is 3.81. The molecular formula is C30H28N4O5. The Hall–Kier alpha value is -4.76. The molecule has 1 amide bonds. The second-order valence-corrected chi connectivity index (χ2v) is 10.5. The lowest BCUT2D eigenvalue weighted by Crippen LogP contribution is -2.54. The summed E-state index contributed by atoms with van der Waals surface area (Å²) in [5.74, 6) is -2.75. The summed E-state index contributed by atoms with van der Waals surface area (Å²) in [7, 11) is 2.22. The number of benzene rings is 2. The summed E-state index contributed by atoms with van der Waals surface area (Å²) in [4.78, 5) is 47.8. The fourth-order valence-electron chi connectivity index (χ4n) is 5.43. The molecule has 2 aromatic carbocycles. The molecule has 1 heterocycles. The van der Waals surface area contributed by atoms with Crippen molar-refractivity contribution in [1.29, 1.82) is 10.5 Å². The van der Waals surface area contributed by atoms with Crippen LogP contribution in [0.1, 0.15) is 37.5 Å². The molecule has 39 heavy (non-hydrogen) atoms. The summed E-state index contributed by atoms with van der Waals surface area (Å²) in [6.07, 6.45) is 0. The SMILES string of the molecule is COC(=O)C1=C(C(=O)OC)C2(C(=O)N(Cc3ccccc3)c3ccc(C)cc32)C(C#N)(C#N)C1=NC(C)(C)C. The van der Waals surface area contributed by atoms with Gasteiger partial charge in [0.1, 0.15) is 5.41 Å². The van der Waals surface area contributed by atoms with Crippen molar-refractivity contribution in [3.63, 3.8) is 0 Å². The molecule has 1 unspecified atom stereocenters. The first kappa shape index (κ1) is 27.3. The van der Waals surface area contributed by atoms with Crippen LogP contribution in [0.15, 0.2) is 64.7 Å². The summed E-state index contributed by atoms with van der Waals surface area (Å²) in [6, 6.07) is 18.4. The number of amides is 1. The van der Waals surface area contributed by atoms with Crippen molar-refractivity contribution in [1.82, 2.24) is 0 Å². The number of nitrogens with zero attached hydrogens (tertiary/aromatic N) is 4. The van der Waals surface area contributed by atoms with Crippen LogP contribution in [-0.2, 0) is 35.8 Å². The average Bonchev–Trinajstić information content (AvgIpc) is 3.29. The highest BCUT2D eigenvalue weighted by molar-refractivity contribution is 6.36. The summed E-state index contributed by atoms with van der Waals surface area (Å²) < 4.78 is 10.1. The van der Waals surface area contributed by atoms with Gasteiger partial charge in [-0.25, -0.2) is 9.59 Å². The van der Waals surface area contributed by atoms with Gasteiger partial charge in [0.05, 0.1) is 55.3 Å². The third-order valence-corrected chi connectivity index (χ3v) is 6.94. The Bertz CT molecular complexity index is 1520. The number of rotatable bonds is 4. The maximum atomic E-state index is 14.8. The number of carbonyl (C=O) groups excluding carboxylic acids is 3. The Labute approximate surface area is 227 Å². The molecule has 1 spiro atoms. The Morgan fingerprint density at radius 3 is 2.15 bits per heavy atom. The zero-order valence-corrected chi connectivity index (χ0v) is 22.7. The monoisotopic (exact) mass is 524 g/mol. The second-order valence-electron chi connectivity index (χ2n) is 10.5. The van der Waals surface area contributed by atoms with E-state index >= 15 is 0 Å². The summed E-state index contributed by atoms with van der Waals surface area (Å²) in [5, 5.41) is 21.6. The van der Waals surface area contributed by atoms with Gasteiger partial charge in [0.2, 0.25) is 11.3 Å². The van der Waals surface area contributed by atoms with Crippen LogP contribution in [0.2, 0.25) is 0 Å². The van der Waals surface area contributed by atoms with Gasteiger partial charge in [-0.2, -0.15) is 10.5 Å². The van der Waals surface area contributed by atoms with E-state index in [1.54, 1.807) is 45.9 Å². The van der Waals surface area contributed by atoms with Gasteiger partial charge in [-0.1, -0.05) is 48.0 Å². The van der Waals surface area contributed by atoms with E-state index in [4.69, 9.17) is 9.47 Å². The largest absolute Gasteiger partial charge is 0.466 e. The molecule has 1 atom stereocenters. The third-order valence-electron chi connectivity index (χ3n) is 6.94. The normalized spacial score (nSPS) is 20.6. The highest BCUT2D eigenvalue weighted by atomic mass is 16.5. The van der Waals surface area contributed by atoms with Crippen LogP contribution < -0.4 is 4.90 Å². The number of fused-ring (bicyclic) bond motifs is 2. The Balaban J connectivity index is 2.23.